The average molecular weight is 451 g/mol. The van der Waals surface area contributed by atoms with Gasteiger partial charge in [-0.25, -0.2) is 9.37 Å². The van der Waals surface area contributed by atoms with Crippen LogP contribution in [-0.2, 0) is 16.6 Å². The SMILES string of the molecule is Cn1ccnc1C(NC(=O)C1CCN(C(=O)COc2ccccc2)CC1)c1ccccc1F. The molecule has 0 radical (unpaired) electrons. The van der Waals surface area contributed by atoms with Crippen molar-refractivity contribution >= 4 is 11.8 Å². The number of para-hydroxylation sites is 1. The molecule has 1 saturated heterocycles. The highest BCUT2D eigenvalue weighted by Gasteiger charge is 2.31. The van der Waals surface area contributed by atoms with E-state index in [1.807, 2.05) is 25.2 Å². The van der Waals surface area contributed by atoms with E-state index in [1.54, 1.807) is 52.2 Å². The molecule has 1 fully saturated rings. The Bertz CT molecular complexity index is 1090. The molecular formula is C25H27FN4O3. The molecule has 2 amide bonds. The highest BCUT2D eigenvalue weighted by atomic mass is 19.1. The molecule has 4 rings (SSSR count). The van der Waals surface area contributed by atoms with Crippen LogP contribution in [0.15, 0.2) is 67.0 Å². The Morgan fingerprint density at radius 3 is 2.48 bits per heavy atom. The minimum absolute atomic E-state index is 0.0323. The molecule has 2 aromatic carbocycles. The first-order valence-corrected chi connectivity index (χ1v) is 11.0. The van der Waals surface area contributed by atoms with Gasteiger partial charge in [0.05, 0.1) is 0 Å². The summed E-state index contributed by atoms with van der Waals surface area (Å²) in [6.45, 7) is 0.916. The number of hydrogen-bond acceptors (Lipinski definition) is 4. The number of aromatic nitrogens is 2. The van der Waals surface area contributed by atoms with Crippen LogP contribution >= 0.6 is 0 Å². The van der Waals surface area contributed by atoms with Crippen molar-refractivity contribution in [2.45, 2.75) is 18.9 Å². The third kappa shape index (κ3) is 5.39. The van der Waals surface area contributed by atoms with Crippen LogP contribution in [-0.4, -0.2) is 46.0 Å². The highest BCUT2D eigenvalue weighted by Crippen LogP contribution is 2.25. The number of nitrogens with zero attached hydrogens (tertiary/aromatic N) is 3. The second-order valence-electron chi connectivity index (χ2n) is 8.12. The number of rotatable bonds is 7. The summed E-state index contributed by atoms with van der Waals surface area (Å²) in [5.74, 6) is 0.268. The molecule has 2 heterocycles. The van der Waals surface area contributed by atoms with E-state index in [0.717, 1.165) is 0 Å². The van der Waals surface area contributed by atoms with Gasteiger partial charge in [0.25, 0.3) is 5.91 Å². The lowest BCUT2D eigenvalue weighted by molar-refractivity contribution is -0.137. The van der Waals surface area contributed by atoms with Crippen LogP contribution in [0.3, 0.4) is 0 Å². The zero-order valence-corrected chi connectivity index (χ0v) is 18.5. The first-order chi connectivity index (χ1) is 16.0. The molecule has 0 aliphatic carbocycles. The number of piperidine rings is 1. The van der Waals surface area contributed by atoms with Crippen molar-refractivity contribution in [3.8, 4) is 5.75 Å². The molecule has 1 aromatic heterocycles. The Hall–Kier alpha value is -3.68. The number of benzene rings is 2. The molecule has 3 aromatic rings. The first kappa shape index (κ1) is 22.5. The number of likely N-dealkylation sites (tertiary alicyclic amines) is 1. The van der Waals surface area contributed by atoms with E-state index >= 15 is 0 Å². The van der Waals surface area contributed by atoms with Crippen molar-refractivity contribution in [1.29, 1.82) is 0 Å². The minimum atomic E-state index is -0.697. The van der Waals surface area contributed by atoms with Gasteiger partial charge >= 0.3 is 0 Å². The predicted octanol–water partition coefficient (Wildman–Crippen LogP) is 3.08. The van der Waals surface area contributed by atoms with Crippen LogP contribution < -0.4 is 10.1 Å². The van der Waals surface area contributed by atoms with Gasteiger partial charge in [-0.3, -0.25) is 9.59 Å². The summed E-state index contributed by atoms with van der Waals surface area (Å²) in [4.78, 5) is 31.6. The highest BCUT2D eigenvalue weighted by molar-refractivity contribution is 5.81. The minimum Gasteiger partial charge on any atom is -0.484 e. The smallest absolute Gasteiger partial charge is 0.260 e. The normalized spacial score (nSPS) is 15.2. The van der Waals surface area contributed by atoms with Gasteiger partial charge in [0.2, 0.25) is 5.91 Å². The van der Waals surface area contributed by atoms with Gasteiger partial charge in [-0.2, -0.15) is 0 Å². The van der Waals surface area contributed by atoms with Gasteiger partial charge in [0.1, 0.15) is 23.4 Å². The van der Waals surface area contributed by atoms with Crippen LogP contribution in [0.4, 0.5) is 4.39 Å². The maximum Gasteiger partial charge on any atom is 0.260 e. The largest absolute Gasteiger partial charge is 0.484 e. The molecule has 8 heteroatoms. The Kier molecular flexibility index (Phi) is 7.02. The molecule has 1 N–H and O–H groups in total. The molecule has 1 atom stereocenters. The number of amides is 2. The van der Waals surface area contributed by atoms with Gasteiger partial charge in [-0.15, -0.1) is 0 Å². The molecule has 1 aliphatic rings. The molecule has 0 saturated carbocycles. The third-order valence-corrected chi connectivity index (χ3v) is 5.94. The molecule has 1 unspecified atom stereocenters. The fraction of sp³-hybridized carbons (Fsp3) is 0.320. The van der Waals surface area contributed by atoms with Crippen molar-refractivity contribution in [2.75, 3.05) is 19.7 Å². The second kappa shape index (κ2) is 10.3. The van der Waals surface area contributed by atoms with Crippen molar-refractivity contribution < 1.29 is 18.7 Å². The average Bonchev–Trinajstić information content (AvgIpc) is 3.27. The number of nitrogens with one attached hydrogen (secondary N) is 1. The van der Waals surface area contributed by atoms with Gasteiger partial charge in [0, 0.05) is 44.0 Å². The van der Waals surface area contributed by atoms with E-state index in [4.69, 9.17) is 4.74 Å². The maximum atomic E-state index is 14.5. The van der Waals surface area contributed by atoms with E-state index in [9.17, 15) is 14.0 Å². The lowest BCUT2D eigenvalue weighted by Crippen LogP contribution is -2.45. The van der Waals surface area contributed by atoms with E-state index in [1.165, 1.54) is 6.07 Å². The van der Waals surface area contributed by atoms with Crippen LogP contribution in [0.1, 0.15) is 30.3 Å². The van der Waals surface area contributed by atoms with Crippen molar-refractivity contribution in [1.82, 2.24) is 19.8 Å². The number of ether oxygens (including phenoxy) is 1. The zero-order chi connectivity index (χ0) is 23.2. The predicted molar refractivity (Wildman–Crippen MR) is 121 cm³/mol. The zero-order valence-electron chi connectivity index (χ0n) is 18.5. The lowest BCUT2D eigenvalue weighted by Gasteiger charge is -2.32. The van der Waals surface area contributed by atoms with Crippen LogP contribution in [0.25, 0.3) is 0 Å². The second-order valence-corrected chi connectivity index (χ2v) is 8.12. The van der Waals surface area contributed by atoms with Crippen LogP contribution in [0.2, 0.25) is 0 Å². The quantitative estimate of drug-likeness (QED) is 0.600. The molecule has 172 valence electrons. The summed E-state index contributed by atoms with van der Waals surface area (Å²) < 4.78 is 21.9. The van der Waals surface area contributed by atoms with E-state index in [2.05, 4.69) is 10.3 Å². The van der Waals surface area contributed by atoms with E-state index in [-0.39, 0.29) is 24.3 Å². The summed E-state index contributed by atoms with van der Waals surface area (Å²) in [6.07, 6.45) is 4.45. The van der Waals surface area contributed by atoms with Gasteiger partial charge in [-0.1, -0.05) is 36.4 Å². The maximum absolute atomic E-state index is 14.5. The summed E-state index contributed by atoms with van der Waals surface area (Å²) in [5.41, 5.74) is 0.367. The standard InChI is InChI=1S/C25H27FN4O3/c1-29-16-13-27-24(29)23(20-9-5-6-10-21(20)26)28-25(32)18-11-14-30(15-12-18)22(31)17-33-19-7-3-2-4-8-19/h2-10,13,16,18,23H,11-12,14-15,17H2,1H3,(H,28,32). The summed E-state index contributed by atoms with van der Waals surface area (Å²) in [5, 5.41) is 2.99. The van der Waals surface area contributed by atoms with E-state index in [0.29, 0.717) is 43.1 Å². The monoisotopic (exact) mass is 450 g/mol. The number of carbonyl (C=O) groups is 2. The molecule has 0 spiro atoms. The van der Waals surface area contributed by atoms with Gasteiger partial charge in [0.15, 0.2) is 6.61 Å². The fourth-order valence-corrected chi connectivity index (χ4v) is 4.05. The summed E-state index contributed by atoms with van der Waals surface area (Å²) >= 11 is 0. The lowest BCUT2D eigenvalue weighted by atomic mass is 9.94. The number of aryl methyl sites for hydroxylation is 1. The topological polar surface area (TPSA) is 76.5 Å². The molecule has 7 nitrogen and oxygen atoms in total. The summed E-state index contributed by atoms with van der Waals surface area (Å²) in [6, 6.07) is 14.9. The number of imidazole rings is 1. The fourth-order valence-electron chi connectivity index (χ4n) is 4.05. The number of halogens is 1. The van der Waals surface area contributed by atoms with Crippen LogP contribution in [0, 0.1) is 11.7 Å². The van der Waals surface area contributed by atoms with Crippen molar-refractivity contribution in [3.63, 3.8) is 0 Å². The molecule has 1 aliphatic heterocycles. The molecular weight excluding hydrogens is 423 g/mol. The Balaban J connectivity index is 1.36. The van der Waals surface area contributed by atoms with E-state index < -0.39 is 11.9 Å². The van der Waals surface area contributed by atoms with Gasteiger partial charge in [-0.05, 0) is 31.0 Å². The van der Waals surface area contributed by atoms with Gasteiger partial charge < -0.3 is 19.5 Å². The Labute approximate surface area is 192 Å². The van der Waals surface area contributed by atoms with Crippen LogP contribution in [0.5, 0.6) is 5.75 Å². The van der Waals surface area contributed by atoms with Crippen molar-refractivity contribution in [2.24, 2.45) is 13.0 Å². The molecule has 0 bridgehead atoms. The Morgan fingerprint density at radius 1 is 1.12 bits per heavy atom. The first-order valence-electron chi connectivity index (χ1n) is 11.0. The number of hydrogen-bond donors (Lipinski definition) is 1. The summed E-state index contributed by atoms with van der Waals surface area (Å²) in [7, 11) is 1.81. The van der Waals surface area contributed by atoms with Crippen molar-refractivity contribution in [3.05, 3.63) is 84.2 Å². The third-order valence-electron chi connectivity index (χ3n) is 5.94. The molecule has 33 heavy (non-hydrogen) atoms. The number of carbonyl (C=O) groups excluding carboxylic acids is 2. The Morgan fingerprint density at radius 2 is 1.82 bits per heavy atom.